The summed E-state index contributed by atoms with van der Waals surface area (Å²) in [6.07, 6.45) is 3.64. The Bertz CT molecular complexity index is 329. The van der Waals surface area contributed by atoms with Gasteiger partial charge in [0.25, 0.3) is 0 Å². The first-order valence-corrected chi connectivity index (χ1v) is 8.67. The number of hydrogen-bond donors (Lipinski definition) is 1. The zero-order valence-corrected chi connectivity index (χ0v) is 10.7. The van der Waals surface area contributed by atoms with Crippen LogP contribution in [0.15, 0.2) is 36.3 Å². The summed E-state index contributed by atoms with van der Waals surface area (Å²) < 4.78 is 0. The highest BCUT2D eigenvalue weighted by atomic mass is 28.3. The normalized spacial score (nSPS) is 13.6. The molecule has 2 nitrogen and oxygen atoms in total. The summed E-state index contributed by atoms with van der Waals surface area (Å²) in [6, 6.07) is 3.70. The summed E-state index contributed by atoms with van der Waals surface area (Å²) in [6.45, 7) is 10.8. The highest BCUT2D eigenvalue weighted by molar-refractivity contribution is 6.82. The second-order valence-electron chi connectivity index (χ2n) is 4.85. The van der Waals surface area contributed by atoms with E-state index in [0.29, 0.717) is 6.42 Å². The van der Waals surface area contributed by atoms with Gasteiger partial charge in [-0.05, 0) is 24.1 Å². The Labute approximate surface area is 92.7 Å². The lowest BCUT2D eigenvalue weighted by Gasteiger charge is -2.22. The fourth-order valence-corrected chi connectivity index (χ4v) is 2.05. The van der Waals surface area contributed by atoms with Gasteiger partial charge in [-0.15, -0.1) is 6.58 Å². The summed E-state index contributed by atoms with van der Waals surface area (Å²) in [7, 11) is -1.33. The zero-order valence-electron chi connectivity index (χ0n) is 9.70. The third-order valence-corrected chi connectivity index (χ3v) is 4.92. The third kappa shape index (κ3) is 3.61. The first kappa shape index (κ1) is 12.1. The molecular weight excluding hydrogens is 202 g/mol. The van der Waals surface area contributed by atoms with Crippen LogP contribution in [0.3, 0.4) is 0 Å². The Balaban J connectivity index is 2.65. The van der Waals surface area contributed by atoms with Gasteiger partial charge in [0.05, 0.1) is 14.2 Å². The summed E-state index contributed by atoms with van der Waals surface area (Å²) in [5, 5.41) is 11.2. The maximum absolute atomic E-state index is 9.99. The molecule has 15 heavy (non-hydrogen) atoms. The monoisotopic (exact) mass is 221 g/mol. The van der Waals surface area contributed by atoms with Crippen molar-refractivity contribution in [3.8, 4) is 0 Å². The lowest BCUT2D eigenvalue weighted by molar-refractivity contribution is 0.180. The van der Waals surface area contributed by atoms with Crippen molar-refractivity contribution in [1.82, 2.24) is 4.98 Å². The number of aliphatic hydroxyl groups is 1. The Kier molecular flexibility index (Phi) is 3.82. The summed E-state index contributed by atoms with van der Waals surface area (Å²) >= 11 is 0. The van der Waals surface area contributed by atoms with Gasteiger partial charge in [-0.2, -0.15) is 0 Å². The van der Waals surface area contributed by atoms with Crippen LogP contribution in [-0.4, -0.2) is 18.2 Å². The van der Waals surface area contributed by atoms with E-state index >= 15 is 0 Å². The first-order chi connectivity index (χ1) is 6.91. The minimum atomic E-state index is -1.33. The minimum Gasteiger partial charge on any atom is -0.388 e. The average molecular weight is 221 g/mol. The van der Waals surface area contributed by atoms with Crippen LogP contribution in [0.2, 0.25) is 19.6 Å². The summed E-state index contributed by atoms with van der Waals surface area (Å²) in [5.74, 6) is 0. The Hall–Kier alpha value is -0.933. The summed E-state index contributed by atoms with van der Waals surface area (Å²) in [5.41, 5.74) is 0.921. The molecule has 0 bridgehead atoms. The largest absolute Gasteiger partial charge is 0.388 e. The predicted molar refractivity (Wildman–Crippen MR) is 66.3 cm³/mol. The van der Waals surface area contributed by atoms with Crippen molar-refractivity contribution < 1.29 is 5.11 Å². The molecule has 1 atom stereocenters. The molecule has 0 saturated carbocycles. The molecule has 1 N–H and O–H groups in total. The van der Waals surface area contributed by atoms with Gasteiger partial charge in [-0.1, -0.05) is 24.8 Å². The third-order valence-electron chi connectivity index (χ3n) is 2.59. The van der Waals surface area contributed by atoms with Gasteiger partial charge < -0.3 is 5.11 Å². The van der Waals surface area contributed by atoms with E-state index < -0.39 is 14.2 Å². The highest BCUT2D eigenvalue weighted by Gasteiger charge is 2.20. The molecule has 0 aromatic carbocycles. The van der Waals surface area contributed by atoms with Gasteiger partial charge in [0.15, 0.2) is 0 Å². The molecule has 0 fully saturated rings. The number of nitrogens with zero attached hydrogens (tertiary/aromatic N) is 1. The zero-order chi connectivity index (χ0) is 11.5. The first-order valence-electron chi connectivity index (χ1n) is 5.17. The van der Waals surface area contributed by atoms with Crippen LogP contribution in [0.5, 0.6) is 0 Å². The lowest BCUT2D eigenvalue weighted by Crippen LogP contribution is -2.24. The van der Waals surface area contributed by atoms with E-state index in [4.69, 9.17) is 0 Å². The number of aliphatic hydroxyl groups excluding tert-OH is 1. The van der Waals surface area contributed by atoms with Crippen molar-refractivity contribution in [2.45, 2.75) is 32.2 Å². The molecule has 0 aliphatic carbocycles. The number of aromatic nitrogens is 1. The number of pyridine rings is 1. The molecule has 0 aliphatic rings. The van der Waals surface area contributed by atoms with Crippen molar-refractivity contribution in [3.05, 3.63) is 41.9 Å². The summed E-state index contributed by atoms with van der Waals surface area (Å²) in [4.78, 5) is 3.93. The van der Waals surface area contributed by atoms with Crippen LogP contribution >= 0.6 is 0 Å². The molecule has 0 radical (unpaired) electrons. The second kappa shape index (κ2) is 4.73. The molecule has 1 aromatic heterocycles. The smallest absolute Gasteiger partial charge is 0.0824 e. The van der Waals surface area contributed by atoms with Gasteiger partial charge in [0, 0.05) is 12.4 Å². The molecular formula is C12H19NOSi. The van der Waals surface area contributed by atoms with Crippen LogP contribution < -0.4 is 0 Å². The molecule has 1 aromatic rings. The molecule has 0 spiro atoms. The van der Waals surface area contributed by atoms with Gasteiger partial charge in [0.2, 0.25) is 0 Å². The van der Waals surface area contributed by atoms with E-state index in [9.17, 15) is 5.11 Å². The SMILES string of the molecule is C=C(C[C@H](O)c1ccncc1)[Si](C)(C)C. The molecule has 1 rings (SSSR count). The Morgan fingerprint density at radius 1 is 1.40 bits per heavy atom. The van der Waals surface area contributed by atoms with Crippen molar-refractivity contribution >= 4 is 8.07 Å². The van der Waals surface area contributed by atoms with E-state index in [1.165, 1.54) is 5.20 Å². The molecule has 0 unspecified atom stereocenters. The second-order valence-corrected chi connectivity index (χ2v) is 10.1. The molecule has 82 valence electrons. The lowest BCUT2D eigenvalue weighted by atomic mass is 10.1. The van der Waals surface area contributed by atoms with Gasteiger partial charge in [0.1, 0.15) is 0 Å². The van der Waals surface area contributed by atoms with Crippen molar-refractivity contribution in [1.29, 1.82) is 0 Å². The Morgan fingerprint density at radius 3 is 2.40 bits per heavy atom. The van der Waals surface area contributed by atoms with E-state index in [-0.39, 0.29) is 0 Å². The maximum atomic E-state index is 9.99. The van der Waals surface area contributed by atoms with E-state index in [1.54, 1.807) is 12.4 Å². The van der Waals surface area contributed by atoms with Crippen molar-refractivity contribution in [3.63, 3.8) is 0 Å². The van der Waals surface area contributed by atoms with E-state index in [2.05, 4.69) is 31.2 Å². The van der Waals surface area contributed by atoms with Crippen LogP contribution in [0.1, 0.15) is 18.1 Å². The standard InChI is InChI=1S/C12H19NOSi/c1-10(15(2,3)4)9-12(14)11-5-7-13-8-6-11/h5-8,12,14H,1,9H2,2-4H3/t12-/m0/s1. The maximum Gasteiger partial charge on any atom is 0.0824 e. The number of hydrogen-bond acceptors (Lipinski definition) is 2. The fourth-order valence-electron chi connectivity index (χ4n) is 1.24. The molecule has 0 saturated heterocycles. The van der Waals surface area contributed by atoms with Crippen molar-refractivity contribution in [2.24, 2.45) is 0 Å². The van der Waals surface area contributed by atoms with Crippen LogP contribution in [0, 0.1) is 0 Å². The van der Waals surface area contributed by atoms with Crippen LogP contribution in [-0.2, 0) is 0 Å². The molecule has 3 heteroatoms. The molecule has 0 aliphatic heterocycles. The van der Waals surface area contributed by atoms with E-state index in [0.717, 1.165) is 5.56 Å². The van der Waals surface area contributed by atoms with Gasteiger partial charge in [-0.3, -0.25) is 4.98 Å². The predicted octanol–water partition coefficient (Wildman–Crippen LogP) is 2.94. The molecule has 1 heterocycles. The van der Waals surface area contributed by atoms with Crippen molar-refractivity contribution in [2.75, 3.05) is 0 Å². The van der Waals surface area contributed by atoms with Crippen LogP contribution in [0.25, 0.3) is 0 Å². The number of rotatable bonds is 4. The molecule has 0 amide bonds. The quantitative estimate of drug-likeness (QED) is 0.793. The minimum absolute atomic E-state index is 0.438. The van der Waals surface area contributed by atoms with Crippen LogP contribution in [0.4, 0.5) is 0 Å². The van der Waals surface area contributed by atoms with Gasteiger partial charge >= 0.3 is 0 Å². The van der Waals surface area contributed by atoms with Gasteiger partial charge in [-0.25, -0.2) is 0 Å². The highest BCUT2D eigenvalue weighted by Crippen LogP contribution is 2.25. The van der Waals surface area contributed by atoms with E-state index in [1.807, 2.05) is 12.1 Å². The fraction of sp³-hybridized carbons (Fsp3) is 0.417. The average Bonchev–Trinajstić information content (AvgIpc) is 2.17. The Morgan fingerprint density at radius 2 is 1.93 bits per heavy atom. The topological polar surface area (TPSA) is 33.1 Å².